The fourth-order valence-electron chi connectivity index (χ4n) is 2.59. The van der Waals surface area contributed by atoms with E-state index in [1.165, 1.54) is 4.90 Å². The van der Waals surface area contributed by atoms with Crippen LogP contribution in [0.1, 0.15) is 66.2 Å². The van der Waals surface area contributed by atoms with Crippen molar-refractivity contribution in [1.82, 2.24) is 15.5 Å². The Morgan fingerprint density at radius 2 is 1.81 bits per heavy atom. The van der Waals surface area contributed by atoms with E-state index in [-0.39, 0.29) is 17.2 Å². The van der Waals surface area contributed by atoms with Crippen molar-refractivity contribution in [2.45, 2.75) is 66.2 Å². The van der Waals surface area contributed by atoms with Gasteiger partial charge in [0.15, 0.2) is 0 Å². The maximum atomic E-state index is 12.4. The molecule has 7 heteroatoms. The second-order valence-electron chi connectivity index (χ2n) is 7.26. The van der Waals surface area contributed by atoms with Crippen LogP contribution in [0, 0.1) is 11.3 Å². The van der Waals surface area contributed by atoms with Crippen molar-refractivity contribution >= 4 is 24.6 Å². The van der Waals surface area contributed by atoms with Gasteiger partial charge in [-0.05, 0) is 30.6 Å². The summed E-state index contributed by atoms with van der Waals surface area (Å²) in [6, 6.07) is 0. The summed E-state index contributed by atoms with van der Waals surface area (Å²) in [6.07, 6.45) is 5.03. The van der Waals surface area contributed by atoms with Crippen molar-refractivity contribution in [3.8, 4) is 0 Å². The first-order valence-corrected chi connectivity index (χ1v) is 9.49. The molecule has 7 nitrogen and oxygen atoms in total. The lowest BCUT2D eigenvalue weighted by Gasteiger charge is -2.33. The summed E-state index contributed by atoms with van der Waals surface area (Å²) >= 11 is 0. The minimum atomic E-state index is -0.126. The summed E-state index contributed by atoms with van der Waals surface area (Å²) in [4.78, 5) is 46.6. The van der Waals surface area contributed by atoms with E-state index in [0.29, 0.717) is 64.1 Å². The Morgan fingerprint density at radius 3 is 2.35 bits per heavy atom. The second kappa shape index (κ2) is 13.3. The Morgan fingerprint density at radius 1 is 1.12 bits per heavy atom. The Kier molecular flexibility index (Phi) is 12.3. The fraction of sp³-hybridized carbons (Fsp3) is 0.789. The molecule has 150 valence electrons. The molecule has 0 aliphatic rings. The first-order chi connectivity index (χ1) is 12.3. The molecule has 0 saturated carbocycles. The van der Waals surface area contributed by atoms with Crippen molar-refractivity contribution in [1.29, 1.82) is 0 Å². The fourth-order valence-corrected chi connectivity index (χ4v) is 2.59. The number of amides is 4. The number of imide groups is 1. The average molecular weight is 370 g/mol. The molecule has 0 aliphatic heterocycles. The number of carbonyl (C=O) groups excluding carboxylic acids is 4. The van der Waals surface area contributed by atoms with Crippen molar-refractivity contribution in [2.24, 2.45) is 11.3 Å². The zero-order valence-corrected chi connectivity index (χ0v) is 16.7. The van der Waals surface area contributed by atoms with Gasteiger partial charge in [-0.2, -0.15) is 0 Å². The van der Waals surface area contributed by atoms with Gasteiger partial charge in [-0.1, -0.05) is 34.1 Å². The molecule has 0 bridgehead atoms. The van der Waals surface area contributed by atoms with Gasteiger partial charge in [-0.25, -0.2) is 0 Å². The van der Waals surface area contributed by atoms with E-state index in [1.54, 1.807) is 0 Å². The van der Waals surface area contributed by atoms with E-state index in [4.69, 9.17) is 0 Å². The summed E-state index contributed by atoms with van der Waals surface area (Å²) in [5.41, 5.74) is -0.102. The molecule has 2 N–H and O–H groups in total. The normalized spacial score (nSPS) is 13.0. The van der Waals surface area contributed by atoms with Crippen LogP contribution in [0.5, 0.6) is 0 Å². The van der Waals surface area contributed by atoms with E-state index in [9.17, 15) is 19.2 Å². The van der Waals surface area contributed by atoms with E-state index in [2.05, 4.69) is 38.3 Å². The first-order valence-electron chi connectivity index (χ1n) is 9.49. The summed E-state index contributed by atoms with van der Waals surface area (Å²) < 4.78 is 0. The van der Waals surface area contributed by atoms with Crippen LogP contribution in [0.4, 0.5) is 0 Å². The molecular formula is C19H35N3O4. The van der Waals surface area contributed by atoms with Crippen LogP contribution in [0.15, 0.2) is 0 Å². The molecule has 1 unspecified atom stereocenters. The van der Waals surface area contributed by atoms with Crippen LogP contribution in [0.25, 0.3) is 0 Å². The molecule has 0 rings (SSSR count). The van der Waals surface area contributed by atoms with Crippen LogP contribution in [-0.4, -0.2) is 49.2 Å². The predicted molar refractivity (Wildman–Crippen MR) is 101 cm³/mol. The standard InChI is InChI=1S/C19H35N3O4/c1-5-19(4,16(2)3)13-18(26)22(15-24)12-8-6-7-9-17(25)21-11-10-20-14-23/h14-16H,5-13H2,1-4H3,(H,20,23)(H,21,25). The molecule has 0 aromatic rings. The highest BCUT2D eigenvalue weighted by atomic mass is 16.2. The minimum absolute atomic E-state index is 0.0586. The molecule has 0 aliphatic carbocycles. The van der Waals surface area contributed by atoms with E-state index in [0.717, 1.165) is 12.8 Å². The van der Waals surface area contributed by atoms with Crippen molar-refractivity contribution in [3.05, 3.63) is 0 Å². The van der Waals surface area contributed by atoms with Crippen LogP contribution >= 0.6 is 0 Å². The van der Waals surface area contributed by atoms with Gasteiger partial charge in [-0.15, -0.1) is 0 Å². The lowest BCUT2D eigenvalue weighted by atomic mass is 9.74. The average Bonchev–Trinajstić information content (AvgIpc) is 2.61. The highest BCUT2D eigenvalue weighted by molar-refractivity contribution is 5.86. The van der Waals surface area contributed by atoms with Gasteiger partial charge < -0.3 is 10.6 Å². The van der Waals surface area contributed by atoms with Gasteiger partial charge in [0.05, 0.1) is 0 Å². The molecule has 0 radical (unpaired) electrons. The Bertz CT molecular complexity index is 454. The third-order valence-corrected chi connectivity index (χ3v) is 5.18. The van der Waals surface area contributed by atoms with Gasteiger partial charge in [0.2, 0.25) is 24.6 Å². The van der Waals surface area contributed by atoms with E-state index in [1.807, 2.05) is 0 Å². The summed E-state index contributed by atoms with van der Waals surface area (Å²) in [5.74, 6) is 0.181. The highest BCUT2D eigenvalue weighted by Crippen LogP contribution is 2.34. The Labute approximate surface area is 157 Å². The molecule has 0 aromatic carbocycles. The molecule has 4 amide bonds. The number of rotatable bonds is 15. The molecule has 0 heterocycles. The number of hydrogen-bond acceptors (Lipinski definition) is 4. The lowest BCUT2D eigenvalue weighted by Crippen LogP contribution is -2.36. The highest BCUT2D eigenvalue weighted by Gasteiger charge is 2.30. The van der Waals surface area contributed by atoms with Crippen molar-refractivity contribution < 1.29 is 19.2 Å². The monoisotopic (exact) mass is 369 g/mol. The molecule has 0 spiro atoms. The van der Waals surface area contributed by atoms with Crippen LogP contribution in [0.3, 0.4) is 0 Å². The Hall–Kier alpha value is -1.92. The zero-order chi connectivity index (χ0) is 20.0. The first kappa shape index (κ1) is 24.1. The van der Waals surface area contributed by atoms with Gasteiger partial charge in [-0.3, -0.25) is 24.1 Å². The van der Waals surface area contributed by atoms with E-state index >= 15 is 0 Å². The molecule has 0 saturated heterocycles. The third kappa shape index (κ3) is 9.53. The third-order valence-electron chi connectivity index (χ3n) is 5.18. The number of carbonyl (C=O) groups is 4. The SMILES string of the molecule is CCC(C)(CC(=O)N(C=O)CCCCCC(=O)NCCNC=O)C(C)C. The summed E-state index contributed by atoms with van der Waals surface area (Å²) in [6.45, 7) is 9.57. The largest absolute Gasteiger partial charge is 0.357 e. The zero-order valence-electron chi connectivity index (χ0n) is 16.7. The van der Waals surface area contributed by atoms with Gasteiger partial charge in [0.25, 0.3) is 0 Å². The Balaban J connectivity index is 4.08. The lowest BCUT2D eigenvalue weighted by molar-refractivity contribution is -0.140. The molecule has 1 atom stereocenters. The molecule has 0 fully saturated rings. The molecule has 0 aromatic heterocycles. The topological polar surface area (TPSA) is 95.6 Å². The summed E-state index contributed by atoms with van der Waals surface area (Å²) in [7, 11) is 0. The van der Waals surface area contributed by atoms with Gasteiger partial charge in [0, 0.05) is 32.5 Å². The number of nitrogens with zero attached hydrogens (tertiary/aromatic N) is 1. The maximum absolute atomic E-state index is 12.4. The quantitative estimate of drug-likeness (QED) is 0.340. The van der Waals surface area contributed by atoms with Gasteiger partial charge in [0.1, 0.15) is 0 Å². The van der Waals surface area contributed by atoms with E-state index < -0.39 is 0 Å². The second-order valence-corrected chi connectivity index (χ2v) is 7.26. The van der Waals surface area contributed by atoms with Crippen LogP contribution < -0.4 is 10.6 Å². The minimum Gasteiger partial charge on any atom is -0.357 e. The van der Waals surface area contributed by atoms with Crippen molar-refractivity contribution in [3.63, 3.8) is 0 Å². The van der Waals surface area contributed by atoms with Crippen LogP contribution in [0.2, 0.25) is 0 Å². The smallest absolute Gasteiger partial charge is 0.229 e. The van der Waals surface area contributed by atoms with Gasteiger partial charge >= 0.3 is 0 Å². The van der Waals surface area contributed by atoms with Crippen molar-refractivity contribution in [2.75, 3.05) is 19.6 Å². The predicted octanol–water partition coefficient (Wildman–Crippen LogP) is 1.86. The number of unbranched alkanes of at least 4 members (excludes halogenated alkanes) is 2. The number of hydrogen-bond donors (Lipinski definition) is 2. The van der Waals surface area contributed by atoms with Crippen LogP contribution in [-0.2, 0) is 19.2 Å². The molecular weight excluding hydrogens is 334 g/mol. The summed E-state index contributed by atoms with van der Waals surface area (Å²) in [5, 5.41) is 5.18. The maximum Gasteiger partial charge on any atom is 0.229 e. The number of nitrogens with one attached hydrogen (secondary N) is 2. The molecule has 26 heavy (non-hydrogen) atoms.